The minimum atomic E-state index is 0.468. The third-order valence-electron chi connectivity index (χ3n) is 2.69. The van der Waals surface area contributed by atoms with Gasteiger partial charge in [0.2, 0.25) is 0 Å². The van der Waals surface area contributed by atoms with E-state index in [1.807, 2.05) is 0 Å². The lowest BCUT2D eigenvalue weighted by atomic mass is 9.71. The van der Waals surface area contributed by atoms with Crippen molar-refractivity contribution in [3.8, 4) is 0 Å². The highest BCUT2D eigenvalue weighted by Crippen LogP contribution is 2.38. The molecule has 0 N–H and O–H groups in total. The average Bonchev–Trinajstić information content (AvgIpc) is 1.78. The monoisotopic (exact) mass is 198 g/mol. The third-order valence-corrected chi connectivity index (χ3v) is 2.69. The second-order valence-electron chi connectivity index (χ2n) is 7.00. The highest BCUT2D eigenvalue weighted by Gasteiger charge is 2.26. The fourth-order valence-corrected chi connectivity index (χ4v) is 3.05. The van der Waals surface area contributed by atoms with Gasteiger partial charge in [0.05, 0.1) is 0 Å². The molecule has 0 aromatic carbocycles. The van der Waals surface area contributed by atoms with Crippen LogP contribution in [-0.4, -0.2) is 0 Å². The average molecular weight is 198 g/mol. The zero-order chi connectivity index (χ0) is 11.4. The van der Waals surface area contributed by atoms with Gasteiger partial charge < -0.3 is 0 Å². The molecule has 0 aliphatic heterocycles. The standard InChI is InChI=1S/C14H30/c1-8-9-12(2)10-14(6,7)11-13(3,4)5/h12H,8-11H2,1-7H3. The molecule has 1 atom stereocenters. The van der Waals surface area contributed by atoms with Gasteiger partial charge in [-0.2, -0.15) is 0 Å². The number of rotatable bonds is 5. The van der Waals surface area contributed by atoms with E-state index in [0.29, 0.717) is 10.8 Å². The SMILES string of the molecule is CCCC(C)CC(C)(C)CC(C)(C)C. The summed E-state index contributed by atoms with van der Waals surface area (Å²) >= 11 is 0. The van der Waals surface area contributed by atoms with Crippen LogP contribution in [0.1, 0.15) is 74.1 Å². The van der Waals surface area contributed by atoms with Gasteiger partial charge in [-0.25, -0.2) is 0 Å². The lowest BCUT2D eigenvalue weighted by Gasteiger charge is -2.34. The van der Waals surface area contributed by atoms with E-state index in [1.54, 1.807) is 0 Å². The summed E-state index contributed by atoms with van der Waals surface area (Å²) in [6, 6.07) is 0. The summed E-state index contributed by atoms with van der Waals surface area (Å²) in [4.78, 5) is 0. The summed E-state index contributed by atoms with van der Waals surface area (Å²) in [6.07, 6.45) is 5.41. The van der Waals surface area contributed by atoms with Crippen molar-refractivity contribution in [3.63, 3.8) is 0 Å². The molecule has 0 rings (SSSR count). The van der Waals surface area contributed by atoms with Crippen molar-refractivity contribution in [2.45, 2.75) is 74.1 Å². The molecule has 0 heterocycles. The minimum Gasteiger partial charge on any atom is -0.0654 e. The van der Waals surface area contributed by atoms with E-state index >= 15 is 0 Å². The van der Waals surface area contributed by atoms with Gasteiger partial charge in [-0.05, 0) is 29.6 Å². The molecule has 14 heavy (non-hydrogen) atoms. The smallest absolute Gasteiger partial charge is 0.0347 e. The van der Waals surface area contributed by atoms with Crippen LogP contribution in [0.2, 0.25) is 0 Å². The molecule has 1 unspecified atom stereocenters. The Kier molecular flexibility index (Phi) is 5.19. The second kappa shape index (κ2) is 5.19. The van der Waals surface area contributed by atoms with Gasteiger partial charge in [0.1, 0.15) is 0 Å². The van der Waals surface area contributed by atoms with Crippen LogP contribution < -0.4 is 0 Å². The fraction of sp³-hybridized carbons (Fsp3) is 1.00. The van der Waals surface area contributed by atoms with Crippen LogP contribution in [0.15, 0.2) is 0 Å². The maximum atomic E-state index is 2.42. The Hall–Kier alpha value is 0. The Bertz CT molecular complexity index is 148. The van der Waals surface area contributed by atoms with E-state index in [1.165, 1.54) is 25.7 Å². The molecule has 0 aromatic heterocycles. The lowest BCUT2D eigenvalue weighted by molar-refractivity contribution is 0.171. The molecule has 0 amide bonds. The van der Waals surface area contributed by atoms with Crippen LogP contribution in [0.3, 0.4) is 0 Å². The van der Waals surface area contributed by atoms with Crippen LogP contribution in [0.25, 0.3) is 0 Å². The Morgan fingerprint density at radius 3 is 1.86 bits per heavy atom. The maximum Gasteiger partial charge on any atom is -0.0347 e. The van der Waals surface area contributed by atoms with Gasteiger partial charge in [-0.1, -0.05) is 61.3 Å². The largest absolute Gasteiger partial charge is 0.0654 e. The van der Waals surface area contributed by atoms with Crippen LogP contribution in [0.5, 0.6) is 0 Å². The normalized spacial score (nSPS) is 15.6. The summed E-state index contributed by atoms with van der Waals surface area (Å²) in [5.41, 5.74) is 0.974. The van der Waals surface area contributed by atoms with Gasteiger partial charge in [-0.15, -0.1) is 0 Å². The van der Waals surface area contributed by atoms with Crippen molar-refractivity contribution in [1.29, 1.82) is 0 Å². The zero-order valence-corrected chi connectivity index (χ0v) is 11.4. The van der Waals surface area contributed by atoms with E-state index in [9.17, 15) is 0 Å². The molecule has 0 fully saturated rings. The molecule has 0 nitrogen and oxygen atoms in total. The molecule has 0 saturated carbocycles. The highest BCUT2D eigenvalue weighted by molar-refractivity contribution is 4.77. The van der Waals surface area contributed by atoms with Crippen LogP contribution in [0, 0.1) is 16.7 Å². The highest BCUT2D eigenvalue weighted by atomic mass is 14.3. The Labute approximate surface area is 91.5 Å². The van der Waals surface area contributed by atoms with Gasteiger partial charge >= 0.3 is 0 Å². The molecule has 0 aliphatic carbocycles. The molecule has 0 spiro atoms. The van der Waals surface area contributed by atoms with E-state index in [0.717, 1.165) is 5.92 Å². The van der Waals surface area contributed by atoms with E-state index in [4.69, 9.17) is 0 Å². The van der Waals surface area contributed by atoms with E-state index in [2.05, 4.69) is 48.5 Å². The van der Waals surface area contributed by atoms with Crippen molar-refractivity contribution in [3.05, 3.63) is 0 Å². The summed E-state index contributed by atoms with van der Waals surface area (Å²) in [5.74, 6) is 0.886. The summed E-state index contributed by atoms with van der Waals surface area (Å²) in [7, 11) is 0. The fourth-order valence-electron chi connectivity index (χ4n) is 3.05. The molecule has 0 radical (unpaired) electrons. The van der Waals surface area contributed by atoms with Crippen molar-refractivity contribution >= 4 is 0 Å². The molecule has 0 aliphatic rings. The topological polar surface area (TPSA) is 0 Å². The first-order chi connectivity index (χ1) is 6.16. The summed E-state index contributed by atoms with van der Waals surface area (Å²) in [6.45, 7) is 16.6. The van der Waals surface area contributed by atoms with Crippen LogP contribution in [-0.2, 0) is 0 Å². The van der Waals surface area contributed by atoms with Crippen molar-refractivity contribution < 1.29 is 0 Å². The maximum absolute atomic E-state index is 2.42. The van der Waals surface area contributed by atoms with Crippen LogP contribution in [0.4, 0.5) is 0 Å². The summed E-state index contributed by atoms with van der Waals surface area (Å²) < 4.78 is 0. The Balaban J connectivity index is 4.06. The minimum absolute atomic E-state index is 0.468. The Morgan fingerprint density at radius 1 is 1.00 bits per heavy atom. The van der Waals surface area contributed by atoms with Crippen molar-refractivity contribution in [1.82, 2.24) is 0 Å². The van der Waals surface area contributed by atoms with Crippen molar-refractivity contribution in [2.24, 2.45) is 16.7 Å². The summed E-state index contributed by atoms with van der Waals surface area (Å²) in [5, 5.41) is 0. The third kappa shape index (κ3) is 7.41. The van der Waals surface area contributed by atoms with E-state index < -0.39 is 0 Å². The van der Waals surface area contributed by atoms with Gasteiger partial charge in [0, 0.05) is 0 Å². The first-order valence-corrected chi connectivity index (χ1v) is 6.16. The predicted octanol–water partition coefficient (Wildman–Crippen LogP) is 5.28. The zero-order valence-electron chi connectivity index (χ0n) is 11.4. The van der Waals surface area contributed by atoms with Gasteiger partial charge in [-0.3, -0.25) is 0 Å². The number of hydrogen-bond acceptors (Lipinski definition) is 0. The first-order valence-electron chi connectivity index (χ1n) is 6.16. The first kappa shape index (κ1) is 14.0. The molecular weight excluding hydrogens is 168 g/mol. The predicted molar refractivity (Wildman–Crippen MR) is 66.5 cm³/mol. The molecule has 0 saturated heterocycles. The Morgan fingerprint density at radius 2 is 1.50 bits per heavy atom. The molecular formula is C14H30. The van der Waals surface area contributed by atoms with Crippen molar-refractivity contribution in [2.75, 3.05) is 0 Å². The molecule has 0 bridgehead atoms. The van der Waals surface area contributed by atoms with E-state index in [-0.39, 0.29) is 0 Å². The molecule has 0 heteroatoms. The van der Waals surface area contributed by atoms with Crippen LogP contribution >= 0.6 is 0 Å². The lowest BCUT2D eigenvalue weighted by Crippen LogP contribution is -2.23. The second-order valence-corrected chi connectivity index (χ2v) is 7.00. The quantitative estimate of drug-likeness (QED) is 0.564. The van der Waals surface area contributed by atoms with Gasteiger partial charge in [0.25, 0.3) is 0 Å². The molecule has 0 aromatic rings. The molecule has 86 valence electrons. The number of hydrogen-bond donors (Lipinski definition) is 0. The van der Waals surface area contributed by atoms with Gasteiger partial charge in [0.15, 0.2) is 0 Å².